The Kier molecular flexibility index (Phi) is 46.4. The summed E-state index contributed by atoms with van der Waals surface area (Å²) in [6, 6.07) is 0. The highest BCUT2D eigenvalue weighted by atomic mass is 16.7. The van der Waals surface area contributed by atoms with Gasteiger partial charge in [0.05, 0.1) is 6.61 Å². The van der Waals surface area contributed by atoms with Gasteiger partial charge in [0.1, 0.15) is 18.8 Å². The highest BCUT2D eigenvalue weighted by molar-refractivity contribution is 5.74. The van der Waals surface area contributed by atoms with Crippen LogP contribution in [0.5, 0.6) is 0 Å². The van der Waals surface area contributed by atoms with Crippen LogP contribution in [0.1, 0.15) is 188 Å². The lowest BCUT2D eigenvalue weighted by Crippen LogP contribution is -2.61. The third-order valence-electron chi connectivity index (χ3n) is 11.9. The van der Waals surface area contributed by atoms with E-state index in [0.29, 0.717) is 25.7 Å². The van der Waals surface area contributed by atoms with Crippen LogP contribution >= 0.6 is 0 Å². The average molecular weight is 1070 g/mol. The molecule has 12 heteroatoms. The molecule has 6 unspecified atom stereocenters. The molecule has 430 valence electrons. The molecule has 12 nitrogen and oxygen atoms in total. The minimum atomic E-state index is -1.93. The van der Waals surface area contributed by atoms with Gasteiger partial charge in [-0.2, -0.15) is 0 Å². The molecule has 0 amide bonds. The zero-order valence-electron chi connectivity index (χ0n) is 47.1. The normalized spacial score (nSPS) is 19.1. The molecular formula is C65H98O12. The predicted molar refractivity (Wildman–Crippen MR) is 312 cm³/mol. The fraction of sp³-hybridized carbons (Fsp3) is 0.569. The van der Waals surface area contributed by atoms with Crippen LogP contribution in [0.4, 0.5) is 0 Å². The third-order valence-corrected chi connectivity index (χ3v) is 11.9. The first-order valence-corrected chi connectivity index (χ1v) is 28.8. The fourth-order valence-electron chi connectivity index (χ4n) is 7.60. The minimum absolute atomic E-state index is 0.0215. The summed E-state index contributed by atoms with van der Waals surface area (Å²) in [7, 11) is 0. The van der Waals surface area contributed by atoms with Crippen molar-refractivity contribution in [1.29, 1.82) is 0 Å². The highest BCUT2D eigenvalue weighted by Crippen LogP contribution is 2.26. The summed E-state index contributed by atoms with van der Waals surface area (Å²) in [5.41, 5.74) is 0. The number of ether oxygens (including phenoxy) is 5. The predicted octanol–water partition coefficient (Wildman–Crippen LogP) is 14.8. The molecule has 0 bridgehead atoms. The van der Waals surface area contributed by atoms with Crippen molar-refractivity contribution in [3.8, 4) is 0 Å². The van der Waals surface area contributed by atoms with Crippen LogP contribution < -0.4 is 0 Å². The molecule has 1 saturated heterocycles. The molecule has 1 aliphatic rings. The van der Waals surface area contributed by atoms with Crippen LogP contribution in [0, 0.1) is 0 Å². The van der Waals surface area contributed by atoms with Gasteiger partial charge < -0.3 is 39.0 Å². The molecular weight excluding hydrogens is 973 g/mol. The fourth-order valence-corrected chi connectivity index (χ4v) is 7.60. The SMILES string of the molecule is CC/C=C\C/C=C\C/C=C\C/C=C\C/C=C\C/C=C\CCC(=O)OCC(COC1OC(C(=O)O)C(O)C(O)C1OC(=O)CCCCCCC/C=C\C/C=C\C/C=C\CC)OC(=O)CCCCC/C=C\C/C=C\C/C=C\CC. The maximum atomic E-state index is 13.1. The Morgan fingerprint density at radius 1 is 0.429 bits per heavy atom. The molecule has 0 spiro atoms. The molecule has 6 atom stereocenters. The molecule has 1 heterocycles. The van der Waals surface area contributed by atoms with Crippen molar-refractivity contribution in [2.75, 3.05) is 13.2 Å². The summed E-state index contributed by atoms with van der Waals surface area (Å²) < 4.78 is 28.3. The number of rotatable bonds is 46. The van der Waals surface area contributed by atoms with Gasteiger partial charge in [-0.15, -0.1) is 0 Å². The van der Waals surface area contributed by atoms with Crippen LogP contribution in [0.2, 0.25) is 0 Å². The lowest BCUT2D eigenvalue weighted by molar-refractivity contribution is -0.301. The Morgan fingerprint density at radius 2 is 0.805 bits per heavy atom. The number of aliphatic hydroxyl groups is 2. The van der Waals surface area contributed by atoms with Crippen LogP contribution in [0.25, 0.3) is 0 Å². The van der Waals surface area contributed by atoms with E-state index in [0.717, 1.165) is 122 Å². The molecule has 0 aromatic rings. The number of aliphatic hydroxyl groups excluding tert-OH is 2. The number of carbonyl (C=O) groups excluding carboxylic acids is 3. The van der Waals surface area contributed by atoms with E-state index in [-0.39, 0.29) is 25.9 Å². The van der Waals surface area contributed by atoms with Crippen LogP contribution in [-0.4, -0.2) is 89.2 Å². The second-order valence-electron chi connectivity index (χ2n) is 18.8. The van der Waals surface area contributed by atoms with Crippen molar-refractivity contribution in [3.05, 3.63) is 146 Å². The Morgan fingerprint density at radius 3 is 1.25 bits per heavy atom. The maximum Gasteiger partial charge on any atom is 0.335 e. The summed E-state index contributed by atoms with van der Waals surface area (Å²) in [6.07, 6.45) is 61.2. The molecule has 0 aliphatic carbocycles. The number of carbonyl (C=O) groups is 4. The standard InChI is InChI=1S/C65H98O12/c1-4-7-10-13-16-19-22-25-27-28-29-30-32-34-36-39-42-45-48-51-57(66)73-54-56(75-58(67)52-49-46-43-40-37-33-24-21-18-15-12-9-6-3)55-74-65-63(61(70)60(69)62(77-65)64(71)72)76-59(68)53-50-47-44-41-38-35-31-26-23-20-17-14-11-8-5-2/h7-12,16-21,25-27,29-31,33-34,36-37,42,45,56,60-63,65,69-70H,4-6,13-15,22-24,28,32,35,38-41,43-44,46-55H2,1-3H3,(H,71,72)/b10-7-,11-8-,12-9-,19-16-,20-17-,21-18-,27-25-,30-29-,31-26-,36-34-,37-33-,45-42-. The molecule has 1 aliphatic heterocycles. The minimum Gasteiger partial charge on any atom is -0.479 e. The van der Waals surface area contributed by atoms with Crippen molar-refractivity contribution in [1.82, 2.24) is 0 Å². The van der Waals surface area contributed by atoms with E-state index in [4.69, 9.17) is 23.7 Å². The van der Waals surface area contributed by atoms with Crippen molar-refractivity contribution in [3.63, 3.8) is 0 Å². The Bertz CT molecular complexity index is 1890. The molecule has 3 N–H and O–H groups in total. The second kappa shape index (κ2) is 51.4. The van der Waals surface area contributed by atoms with Gasteiger partial charge in [0.25, 0.3) is 0 Å². The smallest absolute Gasteiger partial charge is 0.335 e. The number of carboxylic acid groups (broad SMARTS) is 1. The first-order chi connectivity index (χ1) is 37.6. The van der Waals surface area contributed by atoms with Crippen molar-refractivity contribution < 1.29 is 58.2 Å². The van der Waals surface area contributed by atoms with E-state index in [1.165, 1.54) is 0 Å². The van der Waals surface area contributed by atoms with Crippen LogP contribution in [0.3, 0.4) is 0 Å². The van der Waals surface area contributed by atoms with E-state index in [9.17, 15) is 34.5 Å². The lowest BCUT2D eigenvalue weighted by Gasteiger charge is -2.40. The highest BCUT2D eigenvalue weighted by Gasteiger charge is 2.50. The first kappa shape index (κ1) is 69.6. The summed E-state index contributed by atoms with van der Waals surface area (Å²) >= 11 is 0. The van der Waals surface area contributed by atoms with E-state index in [1.807, 2.05) is 12.2 Å². The second-order valence-corrected chi connectivity index (χ2v) is 18.8. The number of hydrogen-bond donors (Lipinski definition) is 3. The lowest BCUT2D eigenvalue weighted by atomic mass is 9.98. The zero-order valence-corrected chi connectivity index (χ0v) is 47.1. The van der Waals surface area contributed by atoms with Gasteiger partial charge in [0.2, 0.25) is 0 Å². The third kappa shape index (κ3) is 41.4. The maximum absolute atomic E-state index is 13.1. The average Bonchev–Trinajstić information content (AvgIpc) is 3.42. The zero-order chi connectivity index (χ0) is 56.1. The first-order valence-electron chi connectivity index (χ1n) is 28.8. The van der Waals surface area contributed by atoms with E-state index < -0.39 is 67.3 Å². The van der Waals surface area contributed by atoms with Gasteiger partial charge in [0, 0.05) is 19.3 Å². The largest absolute Gasteiger partial charge is 0.479 e. The Hall–Kier alpha value is -5.40. The van der Waals surface area contributed by atoms with Crippen LogP contribution in [0.15, 0.2) is 146 Å². The molecule has 1 rings (SSSR count). The monoisotopic (exact) mass is 1070 g/mol. The van der Waals surface area contributed by atoms with E-state index in [2.05, 4.69) is 154 Å². The van der Waals surface area contributed by atoms with E-state index in [1.54, 1.807) is 0 Å². The van der Waals surface area contributed by atoms with E-state index >= 15 is 0 Å². The van der Waals surface area contributed by atoms with Crippen molar-refractivity contribution in [2.24, 2.45) is 0 Å². The molecule has 0 aromatic heterocycles. The number of esters is 3. The summed E-state index contributed by atoms with van der Waals surface area (Å²) in [4.78, 5) is 51.0. The molecule has 77 heavy (non-hydrogen) atoms. The number of allylic oxidation sites excluding steroid dienone is 24. The molecule has 1 fully saturated rings. The number of unbranched alkanes of at least 4 members (excludes halogenated alkanes) is 8. The van der Waals surface area contributed by atoms with Crippen molar-refractivity contribution >= 4 is 23.9 Å². The van der Waals surface area contributed by atoms with Gasteiger partial charge in [-0.1, -0.05) is 192 Å². The van der Waals surface area contributed by atoms with Crippen LogP contribution in [-0.2, 0) is 42.9 Å². The van der Waals surface area contributed by atoms with Gasteiger partial charge in [-0.3, -0.25) is 14.4 Å². The Labute approximate surface area is 463 Å². The topological polar surface area (TPSA) is 175 Å². The molecule has 0 radical (unpaired) electrons. The summed E-state index contributed by atoms with van der Waals surface area (Å²) in [5, 5.41) is 31.5. The van der Waals surface area contributed by atoms with Gasteiger partial charge in [-0.05, 0) is 122 Å². The van der Waals surface area contributed by atoms with Crippen molar-refractivity contribution in [2.45, 2.75) is 225 Å². The summed E-state index contributed by atoms with van der Waals surface area (Å²) in [5.74, 6) is -3.32. The number of aliphatic carboxylic acids is 1. The summed E-state index contributed by atoms with van der Waals surface area (Å²) in [6.45, 7) is 5.52. The van der Waals surface area contributed by atoms with Gasteiger partial charge in [-0.25, -0.2) is 4.79 Å². The van der Waals surface area contributed by atoms with Gasteiger partial charge >= 0.3 is 23.9 Å². The quantitative estimate of drug-likeness (QED) is 0.0228. The molecule has 0 saturated carbocycles. The Balaban J connectivity index is 2.78. The number of hydrogen-bond acceptors (Lipinski definition) is 11. The number of carboxylic acids is 1. The molecule has 0 aromatic carbocycles. The van der Waals surface area contributed by atoms with Gasteiger partial charge in [0.15, 0.2) is 24.6 Å².